The van der Waals surface area contributed by atoms with Crippen LogP contribution >= 0.6 is 0 Å². The van der Waals surface area contributed by atoms with Crippen LogP contribution in [-0.2, 0) is 9.59 Å². The van der Waals surface area contributed by atoms with Crippen LogP contribution < -0.4 is 19.3 Å². The zero-order chi connectivity index (χ0) is 26.0. The van der Waals surface area contributed by atoms with E-state index in [9.17, 15) is 14.7 Å². The molecule has 1 unspecified atom stereocenters. The SMILES string of the molecule is COc1cccc(/C(O)=C2/C(=O)C(=O)N(c3ccc(N(C)C)cc3)C2c2cccc(OC(C)C)c2)c1. The lowest BCUT2D eigenvalue weighted by atomic mass is 9.95. The predicted octanol–water partition coefficient (Wildman–Crippen LogP) is 5.17. The number of methoxy groups -OCH3 is 1. The molecule has 0 aromatic heterocycles. The van der Waals surface area contributed by atoms with Crippen molar-refractivity contribution in [3.05, 3.63) is 89.5 Å². The van der Waals surface area contributed by atoms with E-state index in [4.69, 9.17) is 9.47 Å². The first-order chi connectivity index (χ1) is 17.2. The van der Waals surface area contributed by atoms with Crippen LogP contribution in [0.4, 0.5) is 11.4 Å². The highest BCUT2D eigenvalue weighted by molar-refractivity contribution is 6.51. The summed E-state index contributed by atoms with van der Waals surface area (Å²) in [7, 11) is 5.38. The molecule has 1 aliphatic heterocycles. The highest BCUT2D eigenvalue weighted by atomic mass is 16.5. The number of hydrogen-bond donors (Lipinski definition) is 1. The molecule has 1 fully saturated rings. The average molecular weight is 487 g/mol. The zero-order valence-corrected chi connectivity index (χ0v) is 21.1. The maximum Gasteiger partial charge on any atom is 0.300 e. The Balaban J connectivity index is 1.91. The van der Waals surface area contributed by atoms with Crippen molar-refractivity contribution in [1.82, 2.24) is 0 Å². The lowest BCUT2D eigenvalue weighted by Crippen LogP contribution is -2.29. The van der Waals surface area contributed by atoms with E-state index in [1.807, 2.05) is 63.2 Å². The fraction of sp³-hybridized carbons (Fsp3) is 0.241. The third-order valence-electron chi connectivity index (χ3n) is 5.98. The number of carbonyl (C=O) groups excluding carboxylic acids is 2. The Bertz CT molecular complexity index is 1310. The lowest BCUT2D eigenvalue weighted by molar-refractivity contribution is -0.132. The summed E-state index contributed by atoms with van der Waals surface area (Å²) in [6.07, 6.45) is -0.0537. The normalized spacial score (nSPS) is 16.9. The van der Waals surface area contributed by atoms with E-state index in [0.717, 1.165) is 5.69 Å². The number of rotatable bonds is 7. The molecule has 1 amide bonds. The number of amides is 1. The minimum absolute atomic E-state index is 0.00614. The molecule has 0 bridgehead atoms. The molecule has 3 aromatic rings. The van der Waals surface area contributed by atoms with Crippen molar-refractivity contribution in [2.75, 3.05) is 31.0 Å². The molecule has 3 aromatic carbocycles. The average Bonchev–Trinajstić information content (AvgIpc) is 3.13. The molecule has 1 N–H and O–H groups in total. The smallest absolute Gasteiger partial charge is 0.300 e. The Morgan fingerprint density at radius 2 is 1.61 bits per heavy atom. The third-order valence-corrected chi connectivity index (χ3v) is 5.98. The molecule has 1 aliphatic rings. The molecule has 7 heteroatoms. The minimum Gasteiger partial charge on any atom is -0.507 e. The zero-order valence-electron chi connectivity index (χ0n) is 21.1. The van der Waals surface area contributed by atoms with Crippen LogP contribution in [0, 0.1) is 0 Å². The van der Waals surface area contributed by atoms with E-state index in [0.29, 0.717) is 28.3 Å². The van der Waals surface area contributed by atoms with Crippen LogP contribution in [0.2, 0.25) is 0 Å². The summed E-state index contributed by atoms with van der Waals surface area (Å²) < 4.78 is 11.2. The monoisotopic (exact) mass is 486 g/mol. The minimum atomic E-state index is -0.850. The molecular formula is C29H30N2O5. The van der Waals surface area contributed by atoms with Gasteiger partial charge in [0.25, 0.3) is 11.7 Å². The number of carbonyl (C=O) groups is 2. The van der Waals surface area contributed by atoms with Gasteiger partial charge < -0.3 is 19.5 Å². The Morgan fingerprint density at radius 1 is 0.944 bits per heavy atom. The first kappa shape index (κ1) is 24.9. The summed E-state index contributed by atoms with van der Waals surface area (Å²) in [4.78, 5) is 30.2. The van der Waals surface area contributed by atoms with Gasteiger partial charge in [-0.1, -0.05) is 24.3 Å². The van der Waals surface area contributed by atoms with Crippen LogP contribution in [0.3, 0.4) is 0 Å². The van der Waals surface area contributed by atoms with Gasteiger partial charge in [0, 0.05) is 31.0 Å². The van der Waals surface area contributed by atoms with Crippen molar-refractivity contribution < 1.29 is 24.2 Å². The number of aliphatic hydroxyl groups excluding tert-OH is 1. The van der Waals surface area contributed by atoms with Gasteiger partial charge in [-0.3, -0.25) is 14.5 Å². The van der Waals surface area contributed by atoms with Gasteiger partial charge in [0.15, 0.2) is 0 Å². The molecule has 1 heterocycles. The molecule has 0 aliphatic carbocycles. The molecular weight excluding hydrogens is 456 g/mol. The molecule has 0 spiro atoms. The summed E-state index contributed by atoms with van der Waals surface area (Å²) in [6, 6.07) is 20.5. The van der Waals surface area contributed by atoms with E-state index < -0.39 is 17.7 Å². The fourth-order valence-electron chi connectivity index (χ4n) is 4.28. The van der Waals surface area contributed by atoms with Gasteiger partial charge in [-0.25, -0.2) is 0 Å². The summed E-state index contributed by atoms with van der Waals surface area (Å²) in [5, 5.41) is 11.3. The van der Waals surface area contributed by atoms with Gasteiger partial charge in [0.05, 0.1) is 24.8 Å². The number of ketones is 1. The molecule has 36 heavy (non-hydrogen) atoms. The van der Waals surface area contributed by atoms with Crippen LogP contribution in [0.15, 0.2) is 78.4 Å². The van der Waals surface area contributed by atoms with Gasteiger partial charge in [0.1, 0.15) is 17.3 Å². The summed E-state index contributed by atoms with van der Waals surface area (Å²) >= 11 is 0. The Morgan fingerprint density at radius 3 is 2.25 bits per heavy atom. The summed E-state index contributed by atoms with van der Waals surface area (Å²) in [5.74, 6) is -0.599. The van der Waals surface area contributed by atoms with Crippen molar-refractivity contribution in [2.45, 2.75) is 26.0 Å². The number of anilines is 2. The largest absolute Gasteiger partial charge is 0.507 e. The quantitative estimate of drug-likeness (QED) is 0.282. The topological polar surface area (TPSA) is 79.3 Å². The van der Waals surface area contributed by atoms with Crippen LogP contribution in [0.25, 0.3) is 5.76 Å². The van der Waals surface area contributed by atoms with E-state index in [1.54, 1.807) is 42.5 Å². The number of ether oxygens (including phenoxy) is 2. The lowest BCUT2D eigenvalue weighted by Gasteiger charge is -2.26. The molecule has 4 rings (SSSR count). The van der Waals surface area contributed by atoms with Gasteiger partial charge in [-0.05, 0) is 67.9 Å². The predicted molar refractivity (Wildman–Crippen MR) is 141 cm³/mol. The Hall–Kier alpha value is -4.26. The van der Waals surface area contributed by atoms with Crippen LogP contribution in [0.1, 0.15) is 31.0 Å². The van der Waals surface area contributed by atoms with E-state index in [1.165, 1.54) is 12.0 Å². The highest BCUT2D eigenvalue weighted by Gasteiger charge is 2.47. The molecule has 0 radical (unpaired) electrons. The number of nitrogens with zero attached hydrogens (tertiary/aromatic N) is 2. The summed E-state index contributed by atoms with van der Waals surface area (Å²) in [6.45, 7) is 3.85. The molecule has 1 atom stereocenters. The van der Waals surface area contributed by atoms with Gasteiger partial charge in [-0.2, -0.15) is 0 Å². The van der Waals surface area contributed by atoms with Gasteiger partial charge in [-0.15, -0.1) is 0 Å². The maximum atomic E-state index is 13.4. The van der Waals surface area contributed by atoms with Crippen molar-refractivity contribution in [3.8, 4) is 11.5 Å². The fourth-order valence-corrected chi connectivity index (χ4v) is 4.28. The first-order valence-corrected chi connectivity index (χ1v) is 11.7. The second-order valence-electron chi connectivity index (χ2n) is 9.05. The van der Waals surface area contributed by atoms with Gasteiger partial charge in [0.2, 0.25) is 0 Å². The first-order valence-electron chi connectivity index (χ1n) is 11.7. The van der Waals surface area contributed by atoms with Gasteiger partial charge >= 0.3 is 0 Å². The number of Topliss-reactive ketones (excluding diaryl/α,β-unsaturated/α-hetero) is 1. The molecule has 186 valence electrons. The second kappa shape index (κ2) is 10.2. The third kappa shape index (κ3) is 4.77. The second-order valence-corrected chi connectivity index (χ2v) is 9.05. The standard InChI is InChI=1S/C29H30N2O5/c1-18(2)36-24-11-6-8-19(16-24)26-25(27(32)20-9-7-10-23(17-20)35-5)28(33)29(34)31(26)22-14-12-21(13-15-22)30(3)4/h6-18,26,32H,1-5H3/b27-25-. The van der Waals surface area contributed by atoms with E-state index in [-0.39, 0.29) is 17.4 Å². The Labute approximate surface area is 211 Å². The number of hydrogen-bond acceptors (Lipinski definition) is 6. The number of aliphatic hydroxyl groups is 1. The van der Waals surface area contributed by atoms with E-state index >= 15 is 0 Å². The molecule has 7 nitrogen and oxygen atoms in total. The van der Waals surface area contributed by atoms with Crippen LogP contribution in [0.5, 0.6) is 11.5 Å². The van der Waals surface area contributed by atoms with Crippen molar-refractivity contribution in [3.63, 3.8) is 0 Å². The number of benzene rings is 3. The van der Waals surface area contributed by atoms with Crippen molar-refractivity contribution >= 4 is 28.8 Å². The van der Waals surface area contributed by atoms with Crippen molar-refractivity contribution in [1.29, 1.82) is 0 Å². The Kier molecular flexibility index (Phi) is 7.01. The molecule has 1 saturated heterocycles. The van der Waals surface area contributed by atoms with E-state index in [2.05, 4.69) is 0 Å². The highest BCUT2D eigenvalue weighted by Crippen LogP contribution is 2.43. The molecule has 0 saturated carbocycles. The van der Waals surface area contributed by atoms with Crippen LogP contribution in [-0.4, -0.2) is 44.1 Å². The summed E-state index contributed by atoms with van der Waals surface area (Å²) in [5.41, 5.74) is 2.54. The van der Waals surface area contributed by atoms with Crippen molar-refractivity contribution in [2.24, 2.45) is 0 Å². The maximum absolute atomic E-state index is 13.4.